The highest BCUT2D eigenvalue weighted by Crippen LogP contribution is 2.50. The second kappa shape index (κ2) is 9.14. The van der Waals surface area contributed by atoms with E-state index < -0.39 is 0 Å². The van der Waals surface area contributed by atoms with Crippen LogP contribution in [-0.4, -0.2) is 48.9 Å². The number of phenols is 1. The Morgan fingerprint density at radius 3 is 2.76 bits per heavy atom. The molecule has 33 heavy (non-hydrogen) atoms. The van der Waals surface area contributed by atoms with Crippen LogP contribution < -0.4 is 14.2 Å². The zero-order chi connectivity index (χ0) is 22.9. The molecule has 3 aliphatic rings. The average molecular weight is 454 g/mol. The zero-order valence-electron chi connectivity index (χ0n) is 19.2. The Hall–Kier alpha value is -2.93. The summed E-state index contributed by atoms with van der Waals surface area (Å²) in [7, 11) is 3.19. The highest BCUT2D eigenvalue weighted by Gasteiger charge is 2.41. The molecule has 2 aromatic carbocycles. The van der Waals surface area contributed by atoms with E-state index in [0.29, 0.717) is 48.3 Å². The molecule has 7 heteroatoms. The lowest BCUT2D eigenvalue weighted by atomic mass is 9.84. The Bertz CT molecular complexity index is 1040. The first kappa shape index (κ1) is 21.9. The van der Waals surface area contributed by atoms with Gasteiger partial charge in [-0.3, -0.25) is 9.69 Å². The first-order chi connectivity index (χ1) is 16.1. The van der Waals surface area contributed by atoms with Crippen molar-refractivity contribution in [3.63, 3.8) is 0 Å². The number of nitrogens with zero attached hydrogens (tertiary/aromatic N) is 1. The van der Waals surface area contributed by atoms with Crippen molar-refractivity contribution in [2.75, 3.05) is 20.8 Å². The van der Waals surface area contributed by atoms with Gasteiger partial charge in [-0.15, -0.1) is 0 Å². The maximum atomic E-state index is 12.7. The number of aryl methyl sites for hydroxylation is 1. The number of carbonyl (C=O) groups is 1. The molecule has 4 bridgehead atoms. The molecule has 5 rings (SSSR count). The predicted octanol–water partition coefficient (Wildman–Crippen LogP) is 4.75. The predicted molar refractivity (Wildman–Crippen MR) is 122 cm³/mol. The quantitative estimate of drug-likeness (QED) is 0.658. The molecule has 0 aromatic heterocycles. The van der Waals surface area contributed by atoms with Crippen LogP contribution in [0.2, 0.25) is 0 Å². The van der Waals surface area contributed by atoms with Crippen LogP contribution >= 0.6 is 0 Å². The number of piperidine rings is 2. The van der Waals surface area contributed by atoms with E-state index in [1.807, 2.05) is 12.1 Å². The number of esters is 1. The summed E-state index contributed by atoms with van der Waals surface area (Å²) in [4.78, 5) is 15.2. The molecular weight excluding hydrogens is 422 g/mol. The number of benzene rings is 2. The van der Waals surface area contributed by atoms with Gasteiger partial charge in [-0.1, -0.05) is 12.5 Å². The number of rotatable bonds is 2. The summed E-state index contributed by atoms with van der Waals surface area (Å²) in [6.45, 7) is 0.991. The van der Waals surface area contributed by atoms with Crippen LogP contribution in [0, 0.1) is 0 Å². The maximum absolute atomic E-state index is 12.7. The molecule has 0 aliphatic carbocycles. The maximum Gasteiger partial charge on any atom is 0.306 e. The average Bonchev–Trinajstić information content (AvgIpc) is 2.83. The highest BCUT2D eigenvalue weighted by molar-refractivity contribution is 5.70. The van der Waals surface area contributed by atoms with Gasteiger partial charge in [-0.25, -0.2) is 0 Å². The number of methoxy groups -OCH3 is 2. The Morgan fingerprint density at radius 1 is 1.06 bits per heavy atom. The summed E-state index contributed by atoms with van der Waals surface area (Å²) in [6.07, 6.45) is 5.65. The lowest BCUT2D eigenvalue weighted by Gasteiger charge is -2.47. The molecule has 3 unspecified atom stereocenters. The molecule has 2 aromatic rings. The molecule has 3 atom stereocenters. The van der Waals surface area contributed by atoms with Crippen molar-refractivity contribution in [1.82, 2.24) is 4.90 Å². The number of ether oxygens (including phenoxy) is 4. The Labute approximate surface area is 194 Å². The number of aromatic hydroxyl groups is 1. The largest absolute Gasteiger partial charge is 0.504 e. The van der Waals surface area contributed by atoms with Gasteiger partial charge in [0.1, 0.15) is 6.10 Å². The van der Waals surface area contributed by atoms with Crippen molar-refractivity contribution in [1.29, 1.82) is 0 Å². The minimum absolute atomic E-state index is 0.00253. The Morgan fingerprint density at radius 2 is 1.94 bits per heavy atom. The van der Waals surface area contributed by atoms with Gasteiger partial charge in [-0.05, 0) is 55.6 Å². The van der Waals surface area contributed by atoms with Crippen LogP contribution in [0.15, 0.2) is 30.3 Å². The number of fused-ring (bicyclic) bond motifs is 8. The molecule has 2 saturated heterocycles. The molecule has 2 fully saturated rings. The second-order valence-corrected chi connectivity index (χ2v) is 9.11. The van der Waals surface area contributed by atoms with E-state index in [2.05, 4.69) is 4.90 Å². The van der Waals surface area contributed by atoms with Crippen molar-refractivity contribution in [2.24, 2.45) is 0 Å². The summed E-state index contributed by atoms with van der Waals surface area (Å²) in [5.41, 5.74) is 1.84. The third-order valence-corrected chi connectivity index (χ3v) is 7.14. The fourth-order valence-corrected chi connectivity index (χ4v) is 5.55. The number of carbonyl (C=O) groups excluding carboxylic acids is 1. The minimum atomic E-state index is -0.176. The first-order valence-electron chi connectivity index (χ1n) is 11.8. The van der Waals surface area contributed by atoms with Gasteiger partial charge >= 0.3 is 5.97 Å². The lowest BCUT2D eigenvalue weighted by Crippen LogP contribution is -2.49. The topological polar surface area (TPSA) is 77.5 Å². The van der Waals surface area contributed by atoms with E-state index in [4.69, 9.17) is 18.9 Å². The third-order valence-electron chi connectivity index (χ3n) is 7.14. The van der Waals surface area contributed by atoms with Crippen LogP contribution in [0.25, 0.3) is 0 Å². The third kappa shape index (κ3) is 4.22. The van der Waals surface area contributed by atoms with Crippen molar-refractivity contribution < 1.29 is 28.8 Å². The smallest absolute Gasteiger partial charge is 0.306 e. The van der Waals surface area contributed by atoms with Crippen LogP contribution in [0.5, 0.6) is 28.7 Å². The van der Waals surface area contributed by atoms with E-state index in [1.54, 1.807) is 32.4 Å². The van der Waals surface area contributed by atoms with Crippen molar-refractivity contribution in [2.45, 2.75) is 63.1 Å². The molecule has 3 heterocycles. The van der Waals surface area contributed by atoms with Crippen molar-refractivity contribution in [3.05, 3.63) is 41.5 Å². The van der Waals surface area contributed by atoms with Gasteiger partial charge in [-0.2, -0.15) is 0 Å². The highest BCUT2D eigenvalue weighted by atomic mass is 16.5. The summed E-state index contributed by atoms with van der Waals surface area (Å²) in [6, 6.07) is 9.44. The number of phenolic OH excluding ortho intramolecular Hbond substituents is 1. The number of hydrogen-bond donors (Lipinski definition) is 1. The molecule has 0 saturated carbocycles. The standard InChI is InChI=1S/C26H31NO6/c1-30-22-10-8-19-20-15-18(14-17-5-3-4-12-27(17)20)32-24(29)11-7-16-6-9-21(28)23(13-16)33-25(19)26(22)31-2/h6,8-10,13,17-18,20,28H,3-5,7,11-12,14-15H2,1-2H3. The molecule has 7 nitrogen and oxygen atoms in total. The summed E-state index contributed by atoms with van der Waals surface area (Å²) >= 11 is 0. The van der Waals surface area contributed by atoms with Crippen LogP contribution in [0.4, 0.5) is 0 Å². The van der Waals surface area contributed by atoms with Crippen molar-refractivity contribution >= 4 is 5.97 Å². The van der Waals surface area contributed by atoms with Gasteiger partial charge < -0.3 is 24.1 Å². The van der Waals surface area contributed by atoms with E-state index in [-0.39, 0.29) is 23.9 Å². The van der Waals surface area contributed by atoms with Gasteiger partial charge in [0.25, 0.3) is 0 Å². The van der Waals surface area contributed by atoms with Gasteiger partial charge in [0, 0.05) is 36.9 Å². The van der Waals surface area contributed by atoms with Crippen LogP contribution in [-0.2, 0) is 16.0 Å². The van der Waals surface area contributed by atoms with E-state index in [0.717, 1.165) is 36.9 Å². The van der Waals surface area contributed by atoms with E-state index >= 15 is 0 Å². The summed E-state index contributed by atoms with van der Waals surface area (Å²) < 4.78 is 23.7. The minimum Gasteiger partial charge on any atom is -0.504 e. The molecule has 0 amide bonds. The van der Waals surface area contributed by atoms with Crippen molar-refractivity contribution in [3.8, 4) is 28.7 Å². The molecule has 0 radical (unpaired) electrons. The van der Waals surface area contributed by atoms with Gasteiger partial charge in [0.05, 0.1) is 14.2 Å². The second-order valence-electron chi connectivity index (χ2n) is 9.11. The molecule has 3 aliphatic heterocycles. The molecule has 1 N–H and O–H groups in total. The SMILES string of the molecule is COc1ccc2c(c1OC)Oc1cc(ccc1O)CCC(=O)OC1CC3CCCCN3C2C1. The zero-order valence-corrected chi connectivity index (χ0v) is 19.2. The fourth-order valence-electron chi connectivity index (χ4n) is 5.55. The van der Waals surface area contributed by atoms with E-state index in [9.17, 15) is 9.90 Å². The van der Waals surface area contributed by atoms with Crippen LogP contribution in [0.3, 0.4) is 0 Å². The monoisotopic (exact) mass is 453 g/mol. The summed E-state index contributed by atoms with van der Waals surface area (Å²) in [5.74, 6) is 1.77. The summed E-state index contributed by atoms with van der Waals surface area (Å²) in [5, 5.41) is 10.6. The fraction of sp³-hybridized carbons (Fsp3) is 0.500. The Balaban J connectivity index is 1.68. The normalized spacial score (nSPS) is 25.2. The first-order valence-corrected chi connectivity index (χ1v) is 11.8. The van der Waals surface area contributed by atoms with E-state index in [1.165, 1.54) is 6.42 Å². The number of hydrogen-bond acceptors (Lipinski definition) is 7. The Kier molecular flexibility index (Phi) is 6.06. The van der Waals surface area contributed by atoms with Gasteiger partial charge in [0.2, 0.25) is 5.75 Å². The van der Waals surface area contributed by atoms with Crippen LogP contribution in [0.1, 0.15) is 55.7 Å². The molecule has 0 spiro atoms. The molecular formula is C26H31NO6. The molecule has 176 valence electrons. The lowest BCUT2D eigenvalue weighted by molar-refractivity contribution is -0.154. The van der Waals surface area contributed by atoms with Gasteiger partial charge in [0.15, 0.2) is 23.0 Å².